The van der Waals surface area contributed by atoms with Crippen molar-refractivity contribution < 1.29 is 4.74 Å². The van der Waals surface area contributed by atoms with E-state index in [2.05, 4.69) is 174 Å². The Morgan fingerprint density at radius 1 is 0.442 bits per heavy atom. The number of fused-ring (bicyclic) bond motifs is 7. The van der Waals surface area contributed by atoms with Crippen LogP contribution in [0.2, 0.25) is 0 Å². The highest BCUT2D eigenvalue weighted by Crippen LogP contribution is 2.48. The average Bonchev–Trinajstić information content (AvgIpc) is 3.77. The number of thiophene rings is 1. The molecule has 0 unspecified atom stereocenters. The highest BCUT2D eigenvalue weighted by molar-refractivity contribution is 7.26. The maximum absolute atomic E-state index is 5.45. The van der Waals surface area contributed by atoms with Crippen molar-refractivity contribution in [2.75, 3.05) is 7.11 Å². The van der Waals surface area contributed by atoms with Crippen LogP contribution in [-0.2, 0) is 0 Å². The number of rotatable bonds is 6. The van der Waals surface area contributed by atoms with Crippen molar-refractivity contribution in [3.8, 4) is 55.9 Å². The van der Waals surface area contributed by atoms with Crippen LogP contribution in [-0.4, -0.2) is 11.7 Å². The fraction of sp³-hybridized carbons (Fsp3) is 0.0204. The Labute approximate surface area is 306 Å². The molecule has 0 saturated carbocycles. The standard InChI is InChI=1S/C49H33NOS/c1-51-40-25-21-35(22-26-40)37-24-28-46-43(29-37)44-31-42(36-19-17-34(18-20-36)32-11-5-2-6-12-32)48-47(49(44)52-46)41-27-23-38(33-13-7-3-8-14-33)30-45(41)50(48)39-15-9-4-10-16-39/h2-31H,1H3. The van der Waals surface area contributed by atoms with Crippen LogP contribution in [0.1, 0.15) is 0 Å². The van der Waals surface area contributed by atoms with Gasteiger partial charge in [-0.1, -0.05) is 133 Å². The van der Waals surface area contributed by atoms with Crippen molar-refractivity contribution in [3.05, 3.63) is 182 Å². The normalized spacial score (nSPS) is 11.6. The van der Waals surface area contributed by atoms with Crippen LogP contribution in [0.5, 0.6) is 5.75 Å². The second-order valence-corrected chi connectivity index (χ2v) is 14.3. The molecule has 0 spiro atoms. The largest absolute Gasteiger partial charge is 0.497 e. The summed E-state index contributed by atoms with van der Waals surface area (Å²) >= 11 is 1.90. The average molecular weight is 684 g/mol. The fourth-order valence-electron chi connectivity index (χ4n) is 7.74. The Hall–Kier alpha value is -6.42. The lowest BCUT2D eigenvalue weighted by molar-refractivity contribution is 0.415. The Morgan fingerprint density at radius 2 is 0.981 bits per heavy atom. The van der Waals surface area contributed by atoms with E-state index >= 15 is 0 Å². The minimum atomic E-state index is 0.862. The van der Waals surface area contributed by atoms with Crippen molar-refractivity contribution in [2.24, 2.45) is 0 Å². The van der Waals surface area contributed by atoms with E-state index in [1.54, 1.807) is 7.11 Å². The first kappa shape index (κ1) is 30.4. The molecule has 10 rings (SSSR count). The van der Waals surface area contributed by atoms with Gasteiger partial charge in [0.2, 0.25) is 0 Å². The molecule has 10 aromatic rings. The number of aromatic nitrogens is 1. The molecule has 2 heterocycles. The second-order valence-electron chi connectivity index (χ2n) is 13.3. The summed E-state index contributed by atoms with van der Waals surface area (Å²) in [6, 6.07) is 66.0. The molecule has 2 nitrogen and oxygen atoms in total. The number of para-hydroxylation sites is 1. The molecule has 0 atom stereocenters. The molecule has 0 aliphatic heterocycles. The van der Waals surface area contributed by atoms with Gasteiger partial charge in [0, 0.05) is 42.2 Å². The van der Waals surface area contributed by atoms with Gasteiger partial charge < -0.3 is 9.30 Å². The summed E-state index contributed by atoms with van der Waals surface area (Å²) in [5, 5.41) is 5.11. The van der Waals surface area contributed by atoms with Gasteiger partial charge in [-0.3, -0.25) is 0 Å². The summed E-state index contributed by atoms with van der Waals surface area (Å²) in [5.41, 5.74) is 13.2. The number of nitrogens with zero attached hydrogens (tertiary/aromatic N) is 1. The first-order valence-corrected chi connectivity index (χ1v) is 18.4. The van der Waals surface area contributed by atoms with Crippen LogP contribution in [0.3, 0.4) is 0 Å². The third-order valence-electron chi connectivity index (χ3n) is 10.3. The number of methoxy groups -OCH3 is 1. The van der Waals surface area contributed by atoms with Gasteiger partial charge in [-0.15, -0.1) is 11.3 Å². The van der Waals surface area contributed by atoms with Gasteiger partial charge in [0.1, 0.15) is 5.75 Å². The summed E-state index contributed by atoms with van der Waals surface area (Å²) in [4.78, 5) is 0. The van der Waals surface area contributed by atoms with Gasteiger partial charge in [-0.2, -0.15) is 0 Å². The van der Waals surface area contributed by atoms with Crippen LogP contribution in [0, 0.1) is 0 Å². The van der Waals surface area contributed by atoms with E-state index in [0.29, 0.717) is 0 Å². The number of ether oxygens (including phenoxy) is 1. The van der Waals surface area contributed by atoms with E-state index in [4.69, 9.17) is 4.74 Å². The molecule has 0 bridgehead atoms. The number of hydrogen-bond acceptors (Lipinski definition) is 2. The first-order chi connectivity index (χ1) is 25.7. The Kier molecular flexibility index (Phi) is 7.26. The molecule has 2 aromatic heterocycles. The molecule has 3 heteroatoms. The summed E-state index contributed by atoms with van der Waals surface area (Å²) in [6.07, 6.45) is 0. The number of benzene rings is 8. The van der Waals surface area contributed by atoms with Gasteiger partial charge in [0.15, 0.2) is 0 Å². The lowest BCUT2D eigenvalue weighted by atomic mass is 9.95. The molecule has 0 aliphatic carbocycles. The van der Waals surface area contributed by atoms with Crippen LogP contribution in [0.15, 0.2) is 182 Å². The SMILES string of the molecule is COc1ccc(-c2ccc3sc4c(cc(-c5ccc(-c6ccccc6)cc5)c5c4c4ccc(-c6ccccc6)cc4n5-c4ccccc4)c3c2)cc1. The van der Waals surface area contributed by atoms with Crippen molar-refractivity contribution in [3.63, 3.8) is 0 Å². The fourth-order valence-corrected chi connectivity index (χ4v) is 8.96. The maximum Gasteiger partial charge on any atom is 0.118 e. The monoisotopic (exact) mass is 683 g/mol. The summed E-state index contributed by atoms with van der Waals surface area (Å²) in [7, 11) is 1.71. The Balaban J connectivity index is 1.31. The molecule has 0 N–H and O–H groups in total. The van der Waals surface area contributed by atoms with E-state index < -0.39 is 0 Å². The molecule has 0 aliphatic rings. The third-order valence-corrected chi connectivity index (χ3v) is 11.5. The van der Waals surface area contributed by atoms with Gasteiger partial charge in [0.05, 0.1) is 18.1 Å². The zero-order chi connectivity index (χ0) is 34.6. The number of hydrogen-bond donors (Lipinski definition) is 0. The Bertz CT molecular complexity index is 2890. The van der Waals surface area contributed by atoms with Crippen LogP contribution < -0.4 is 4.74 Å². The third kappa shape index (κ3) is 5.01. The van der Waals surface area contributed by atoms with E-state index in [0.717, 1.165) is 11.4 Å². The summed E-state index contributed by atoms with van der Waals surface area (Å²) in [6.45, 7) is 0. The van der Waals surface area contributed by atoms with Gasteiger partial charge >= 0.3 is 0 Å². The Morgan fingerprint density at radius 3 is 1.67 bits per heavy atom. The smallest absolute Gasteiger partial charge is 0.118 e. The van der Waals surface area contributed by atoms with E-state index in [9.17, 15) is 0 Å². The van der Waals surface area contributed by atoms with Crippen LogP contribution in [0.25, 0.3) is 92.2 Å². The van der Waals surface area contributed by atoms with Crippen LogP contribution in [0.4, 0.5) is 0 Å². The quantitative estimate of drug-likeness (QED) is 0.170. The molecular weight excluding hydrogens is 651 g/mol. The summed E-state index contributed by atoms with van der Waals surface area (Å²) in [5.74, 6) is 0.862. The summed E-state index contributed by atoms with van der Waals surface area (Å²) < 4.78 is 10.5. The minimum Gasteiger partial charge on any atom is -0.497 e. The molecular formula is C49H33NOS. The van der Waals surface area contributed by atoms with E-state index in [1.807, 2.05) is 23.5 Å². The van der Waals surface area contributed by atoms with Crippen molar-refractivity contribution in [1.29, 1.82) is 0 Å². The topological polar surface area (TPSA) is 14.2 Å². The van der Waals surface area contributed by atoms with Crippen molar-refractivity contribution >= 4 is 53.3 Å². The lowest BCUT2D eigenvalue weighted by Crippen LogP contribution is -1.95. The predicted octanol–water partition coefficient (Wildman–Crippen LogP) is 13.8. The van der Waals surface area contributed by atoms with Gasteiger partial charge in [-0.25, -0.2) is 0 Å². The maximum atomic E-state index is 5.45. The molecule has 0 amide bonds. The molecule has 0 fully saturated rings. The minimum absolute atomic E-state index is 0.862. The van der Waals surface area contributed by atoms with Crippen LogP contribution >= 0.6 is 11.3 Å². The molecule has 246 valence electrons. The zero-order valence-electron chi connectivity index (χ0n) is 28.6. The van der Waals surface area contributed by atoms with Crippen molar-refractivity contribution in [1.82, 2.24) is 4.57 Å². The molecule has 8 aromatic carbocycles. The van der Waals surface area contributed by atoms with E-state index in [-0.39, 0.29) is 0 Å². The molecule has 0 radical (unpaired) electrons. The van der Waals surface area contributed by atoms with Crippen molar-refractivity contribution in [2.45, 2.75) is 0 Å². The zero-order valence-corrected chi connectivity index (χ0v) is 29.4. The highest BCUT2D eigenvalue weighted by atomic mass is 32.1. The highest BCUT2D eigenvalue weighted by Gasteiger charge is 2.23. The molecule has 0 saturated heterocycles. The van der Waals surface area contributed by atoms with Gasteiger partial charge in [-0.05, 0) is 87.5 Å². The van der Waals surface area contributed by atoms with E-state index in [1.165, 1.54) is 86.5 Å². The first-order valence-electron chi connectivity index (χ1n) is 17.6. The lowest BCUT2D eigenvalue weighted by Gasteiger charge is -2.13. The molecule has 52 heavy (non-hydrogen) atoms. The predicted molar refractivity (Wildman–Crippen MR) is 222 cm³/mol. The van der Waals surface area contributed by atoms with Gasteiger partial charge in [0.25, 0.3) is 0 Å². The second kappa shape index (κ2) is 12.4.